The third-order valence-corrected chi connectivity index (χ3v) is 2.71. The van der Waals surface area contributed by atoms with Gasteiger partial charge in [-0.15, -0.1) is 0 Å². The van der Waals surface area contributed by atoms with Crippen molar-refractivity contribution >= 4 is 6.21 Å². The Morgan fingerprint density at radius 2 is 1.85 bits per heavy atom. The van der Waals surface area contributed by atoms with E-state index in [-0.39, 0.29) is 0 Å². The first-order valence-electron chi connectivity index (χ1n) is 6.38. The van der Waals surface area contributed by atoms with E-state index in [1.54, 1.807) is 0 Å². The summed E-state index contributed by atoms with van der Waals surface area (Å²) in [5, 5.41) is 11.6. The Bertz CT molecular complexity index is 581. The molecule has 2 rings (SSSR count). The van der Waals surface area contributed by atoms with E-state index in [1.165, 1.54) is 6.21 Å². The van der Waals surface area contributed by atoms with Gasteiger partial charge >= 0.3 is 0 Å². The Morgan fingerprint density at radius 3 is 2.65 bits per heavy atom. The molecular formula is C16H17NO3. The molecule has 0 fully saturated rings. The molecule has 0 heterocycles. The van der Waals surface area contributed by atoms with Crippen molar-refractivity contribution in [2.75, 3.05) is 13.2 Å². The molecule has 4 heteroatoms. The SMILES string of the molecule is Cc1cccc(OCCOc2ccccc2/C=N/O)c1. The van der Waals surface area contributed by atoms with Gasteiger partial charge in [0.05, 0.1) is 6.21 Å². The average Bonchev–Trinajstić information content (AvgIpc) is 2.46. The molecule has 0 aliphatic carbocycles. The Hall–Kier alpha value is -2.49. The maximum atomic E-state index is 8.58. The summed E-state index contributed by atoms with van der Waals surface area (Å²) in [6, 6.07) is 15.2. The second kappa shape index (κ2) is 7.19. The summed E-state index contributed by atoms with van der Waals surface area (Å²) in [7, 11) is 0. The minimum Gasteiger partial charge on any atom is -0.490 e. The van der Waals surface area contributed by atoms with E-state index in [4.69, 9.17) is 14.7 Å². The molecule has 0 unspecified atom stereocenters. The second-order valence-corrected chi connectivity index (χ2v) is 4.30. The second-order valence-electron chi connectivity index (χ2n) is 4.30. The average molecular weight is 271 g/mol. The maximum absolute atomic E-state index is 8.58. The molecule has 20 heavy (non-hydrogen) atoms. The molecule has 104 valence electrons. The molecule has 0 saturated carbocycles. The smallest absolute Gasteiger partial charge is 0.128 e. The van der Waals surface area contributed by atoms with Crippen molar-refractivity contribution in [3.05, 3.63) is 59.7 Å². The van der Waals surface area contributed by atoms with Gasteiger partial charge in [0.25, 0.3) is 0 Å². The number of nitrogens with zero attached hydrogens (tertiary/aromatic N) is 1. The van der Waals surface area contributed by atoms with Crippen LogP contribution in [0, 0.1) is 6.92 Å². The molecule has 0 bridgehead atoms. The molecule has 1 N–H and O–H groups in total. The molecule has 0 aromatic heterocycles. The summed E-state index contributed by atoms with van der Waals surface area (Å²) in [5.74, 6) is 1.50. The van der Waals surface area contributed by atoms with E-state index >= 15 is 0 Å². The Morgan fingerprint density at radius 1 is 1.05 bits per heavy atom. The van der Waals surface area contributed by atoms with Gasteiger partial charge in [-0.3, -0.25) is 0 Å². The summed E-state index contributed by atoms with van der Waals surface area (Å²) in [5.41, 5.74) is 1.89. The van der Waals surface area contributed by atoms with Crippen LogP contribution < -0.4 is 9.47 Å². The van der Waals surface area contributed by atoms with Gasteiger partial charge in [-0.05, 0) is 36.8 Å². The van der Waals surface area contributed by atoms with E-state index in [9.17, 15) is 0 Å². The van der Waals surface area contributed by atoms with E-state index < -0.39 is 0 Å². The highest BCUT2D eigenvalue weighted by Crippen LogP contribution is 2.16. The lowest BCUT2D eigenvalue weighted by Crippen LogP contribution is -2.10. The van der Waals surface area contributed by atoms with Crippen LogP contribution in [-0.2, 0) is 0 Å². The third-order valence-electron chi connectivity index (χ3n) is 2.71. The van der Waals surface area contributed by atoms with Gasteiger partial charge in [-0.2, -0.15) is 0 Å². The predicted molar refractivity (Wildman–Crippen MR) is 78.0 cm³/mol. The van der Waals surface area contributed by atoms with Crippen LogP contribution in [0.4, 0.5) is 0 Å². The highest BCUT2D eigenvalue weighted by molar-refractivity contribution is 5.82. The number of benzene rings is 2. The van der Waals surface area contributed by atoms with Gasteiger partial charge in [0, 0.05) is 5.56 Å². The van der Waals surface area contributed by atoms with Crippen LogP contribution in [0.15, 0.2) is 53.7 Å². The van der Waals surface area contributed by atoms with Gasteiger partial charge in [0.15, 0.2) is 0 Å². The first-order chi connectivity index (χ1) is 9.79. The number of hydrogen-bond donors (Lipinski definition) is 1. The summed E-state index contributed by atoms with van der Waals surface area (Å²) in [4.78, 5) is 0. The summed E-state index contributed by atoms with van der Waals surface area (Å²) < 4.78 is 11.2. The van der Waals surface area contributed by atoms with Crippen molar-refractivity contribution in [2.45, 2.75) is 6.92 Å². The fourth-order valence-electron chi connectivity index (χ4n) is 1.80. The minimum absolute atomic E-state index is 0.421. The first kappa shape index (κ1) is 13.9. The molecular weight excluding hydrogens is 254 g/mol. The van der Waals surface area contributed by atoms with E-state index in [2.05, 4.69) is 5.16 Å². The zero-order chi connectivity index (χ0) is 14.2. The van der Waals surface area contributed by atoms with Crippen molar-refractivity contribution in [3.63, 3.8) is 0 Å². The number of aryl methyl sites for hydroxylation is 1. The highest BCUT2D eigenvalue weighted by atomic mass is 16.5. The molecule has 2 aromatic rings. The number of hydrogen-bond acceptors (Lipinski definition) is 4. The van der Waals surface area contributed by atoms with E-state index in [1.807, 2.05) is 55.5 Å². The zero-order valence-corrected chi connectivity index (χ0v) is 11.3. The molecule has 2 aromatic carbocycles. The van der Waals surface area contributed by atoms with Crippen molar-refractivity contribution in [2.24, 2.45) is 5.16 Å². The molecule has 0 atom stereocenters. The van der Waals surface area contributed by atoms with Crippen molar-refractivity contribution in [1.82, 2.24) is 0 Å². The lowest BCUT2D eigenvalue weighted by molar-refractivity contribution is 0.217. The Balaban J connectivity index is 1.84. The third kappa shape index (κ3) is 4.02. The number of oxime groups is 1. The zero-order valence-electron chi connectivity index (χ0n) is 11.3. The van der Waals surface area contributed by atoms with Gasteiger partial charge < -0.3 is 14.7 Å². The van der Waals surface area contributed by atoms with E-state index in [0.29, 0.717) is 19.0 Å². The summed E-state index contributed by atoms with van der Waals surface area (Å²) in [6.45, 7) is 2.89. The lowest BCUT2D eigenvalue weighted by Gasteiger charge is -2.10. The van der Waals surface area contributed by atoms with Crippen LogP contribution in [0.5, 0.6) is 11.5 Å². The molecule has 0 spiro atoms. The van der Waals surface area contributed by atoms with Crippen LogP contribution in [0.1, 0.15) is 11.1 Å². The number of rotatable bonds is 6. The topological polar surface area (TPSA) is 51.0 Å². The first-order valence-corrected chi connectivity index (χ1v) is 6.38. The largest absolute Gasteiger partial charge is 0.490 e. The standard InChI is InChI=1S/C16H17NO3/c1-13-5-4-7-15(11-13)19-9-10-20-16-8-3-2-6-14(16)12-17-18/h2-8,11-12,18H,9-10H2,1H3/b17-12+. The Kier molecular flexibility index (Phi) is 5.00. The van der Waals surface area contributed by atoms with Crippen LogP contribution in [-0.4, -0.2) is 24.6 Å². The van der Waals surface area contributed by atoms with Crippen LogP contribution in [0.3, 0.4) is 0 Å². The van der Waals surface area contributed by atoms with Crippen molar-refractivity contribution in [3.8, 4) is 11.5 Å². The molecule has 0 aliphatic heterocycles. The van der Waals surface area contributed by atoms with Gasteiger partial charge in [0.2, 0.25) is 0 Å². The Labute approximate surface area is 118 Å². The van der Waals surface area contributed by atoms with E-state index in [0.717, 1.165) is 16.9 Å². The predicted octanol–water partition coefficient (Wildman–Crippen LogP) is 3.26. The fourth-order valence-corrected chi connectivity index (χ4v) is 1.80. The molecule has 4 nitrogen and oxygen atoms in total. The van der Waals surface area contributed by atoms with Crippen LogP contribution in [0.2, 0.25) is 0 Å². The van der Waals surface area contributed by atoms with Crippen molar-refractivity contribution in [1.29, 1.82) is 0 Å². The van der Waals surface area contributed by atoms with Crippen LogP contribution >= 0.6 is 0 Å². The molecule has 0 radical (unpaired) electrons. The summed E-state index contributed by atoms with van der Waals surface area (Å²) >= 11 is 0. The minimum atomic E-state index is 0.421. The summed E-state index contributed by atoms with van der Waals surface area (Å²) in [6.07, 6.45) is 1.34. The number of para-hydroxylation sites is 1. The molecule has 0 amide bonds. The molecule has 0 aliphatic rings. The van der Waals surface area contributed by atoms with Gasteiger partial charge in [0.1, 0.15) is 24.7 Å². The highest BCUT2D eigenvalue weighted by Gasteiger charge is 2.01. The van der Waals surface area contributed by atoms with Gasteiger partial charge in [-0.1, -0.05) is 29.4 Å². The lowest BCUT2D eigenvalue weighted by atomic mass is 10.2. The van der Waals surface area contributed by atoms with Gasteiger partial charge in [-0.25, -0.2) is 0 Å². The monoisotopic (exact) mass is 271 g/mol. The fraction of sp³-hybridized carbons (Fsp3) is 0.188. The quantitative estimate of drug-likeness (QED) is 0.380. The number of ether oxygens (including phenoxy) is 2. The maximum Gasteiger partial charge on any atom is 0.128 e. The molecule has 0 saturated heterocycles. The van der Waals surface area contributed by atoms with Crippen molar-refractivity contribution < 1.29 is 14.7 Å². The van der Waals surface area contributed by atoms with Crippen LogP contribution in [0.25, 0.3) is 0 Å². The normalized spacial score (nSPS) is 10.7.